The average Bonchev–Trinajstić information content (AvgIpc) is 3.11. The number of hydrogen-bond acceptors (Lipinski definition) is 3. The SMILES string of the molecule is Cc1cc(Cc2c(C)nn(CCC(=O)O)c2C)c2c(c1O)CCC2.[Na]. The van der Waals surface area contributed by atoms with Crippen LogP contribution in [0.25, 0.3) is 0 Å². The van der Waals surface area contributed by atoms with E-state index in [0.29, 0.717) is 12.3 Å². The first-order valence-corrected chi connectivity index (χ1v) is 8.46. The summed E-state index contributed by atoms with van der Waals surface area (Å²) in [5, 5.41) is 23.7. The maximum Gasteiger partial charge on any atom is 0.305 e. The fraction of sp³-hybridized carbons (Fsp3) is 0.474. The first-order chi connectivity index (χ1) is 11.4. The molecule has 2 aromatic rings. The first-order valence-electron chi connectivity index (χ1n) is 8.46. The van der Waals surface area contributed by atoms with E-state index in [1.165, 1.54) is 16.7 Å². The number of benzene rings is 1. The Morgan fingerprint density at radius 1 is 1.24 bits per heavy atom. The summed E-state index contributed by atoms with van der Waals surface area (Å²) in [4.78, 5) is 10.8. The van der Waals surface area contributed by atoms with Crippen molar-refractivity contribution in [2.24, 2.45) is 0 Å². The normalized spacial score (nSPS) is 12.8. The van der Waals surface area contributed by atoms with Gasteiger partial charge in [0.1, 0.15) is 5.75 Å². The summed E-state index contributed by atoms with van der Waals surface area (Å²) >= 11 is 0. The number of hydrogen-bond donors (Lipinski definition) is 2. The van der Waals surface area contributed by atoms with E-state index in [-0.39, 0.29) is 36.0 Å². The Bertz CT molecular complexity index is 812. The van der Waals surface area contributed by atoms with Crippen molar-refractivity contribution in [3.05, 3.63) is 45.3 Å². The number of rotatable bonds is 5. The fourth-order valence-corrected chi connectivity index (χ4v) is 3.77. The van der Waals surface area contributed by atoms with Gasteiger partial charge in [-0.2, -0.15) is 5.10 Å². The van der Waals surface area contributed by atoms with Gasteiger partial charge in [0.05, 0.1) is 18.7 Å². The van der Waals surface area contributed by atoms with Crippen LogP contribution in [-0.2, 0) is 30.6 Å². The number of aliphatic carboxylic acids is 1. The molecule has 6 heteroatoms. The molecule has 0 unspecified atom stereocenters. The molecule has 1 aromatic heterocycles. The number of aryl methyl sites for hydroxylation is 3. The van der Waals surface area contributed by atoms with Crippen LogP contribution < -0.4 is 0 Å². The molecule has 0 fully saturated rings. The Balaban J connectivity index is 0.00000225. The molecule has 25 heavy (non-hydrogen) atoms. The predicted molar refractivity (Wildman–Crippen MR) is 97.4 cm³/mol. The van der Waals surface area contributed by atoms with Crippen LogP contribution in [0.1, 0.15) is 52.0 Å². The molecular formula is C19H24N2NaO3. The molecule has 3 rings (SSSR count). The van der Waals surface area contributed by atoms with Crippen LogP contribution >= 0.6 is 0 Å². The minimum atomic E-state index is -0.809. The molecule has 2 N–H and O–H groups in total. The van der Waals surface area contributed by atoms with Crippen LogP contribution in [0.4, 0.5) is 0 Å². The molecule has 5 nitrogen and oxygen atoms in total. The molecule has 0 spiro atoms. The smallest absolute Gasteiger partial charge is 0.305 e. The summed E-state index contributed by atoms with van der Waals surface area (Å²) in [6, 6.07) is 2.09. The third kappa shape index (κ3) is 3.94. The molecule has 0 saturated carbocycles. The minimum Gasteiger partial charge on any atom is -0.507 e. The van der Waals surface area contributed by atoms with Crippen molar-refractivity contribution in [3.8, 4) is 5.75 Å². The number of aromatic hydroxyl groups is 1. The molecular weight excluding hydrogens is 327 g/mol. The zero-order valence-electron chi connectivity index (χ0n) is 15.5. The molecule has 0 bridgehead atoms. The van der Waals surface area contributed by atoms with Crippen molar-refractivity contribution in [1.29, 1.82) is 0 Å². The van der Waals surface area contributed by atoms with E-state index in [9.17, 15) is 9.90 Å². The number of aromatic nitrogens is 2. The second-order valence-corrected chi connectivity index (χ2v) is 6.70. The number of nitrogens with zero attached hydrogens (tertiary/aromatic N) is 2. The van der Waals surface area contributed by atoms with E-state index >= 15 is 0 Å². The van der Waals surface area contributed by atoms with Gasteiger partial charge in [-0.25, -0.2) is 0 Å². The van der Waals surface area contributed by atoms with Crippen molar-refractivity contribution in [1.82, 2.24) is 9.78 Å². The third-order valence-electron chi connectivity index (χ3n) is 5.09. The van der Waals surface area contributed by atoms with Crippen molar-refractivity contribution in [2.45, 2.75) is 59.4 Å². The molecule has 1 aliphatic rings. The van der Waals surface area contributed by atoms with E-state index in [2.05, 4.69) is 11.2 Å². The molecule has 0 atom stereocenters. The summed E-state index contributed by atoms with van der Waals surface area (Å²) in [5.41, 5.74) is 7.75. The fourth-order valence-electron chi connectivity index (χ4n) is 3.77. The van der Waals surface area contributed by atoms with Gasteiger partial charge >= 0.3 is 5.97 Å². The zero-order valence-corrected chi connectivity index (χ0v) is 17.5. The van der Waals surface area contributed by atoms with Crippen LogP contribution in [0.2, 0.25) is 0 Å². The van der Waals surface area contributed by atoms with Crippen molar-refractivity contribution >= 4 is 35.5 Å². The number of carboxylic acids is 1. The maximum atomic E-state index is 10.8. The number of phenolic OH excluding ortho intramolecular Hbond substituents is 1. The number of carbonyl (C=O) groups is 1. The van der Waals surface area contributed by atoms with Gasteiger partial charge in [0.15, 0.2) is 0 Å². The second-order valence-electron chi connectivity index (χ2n) is 6.70. The van der Waals surface area contributed by atoms with E-state index in [4.69, 9.17) is 5.11 Å². The van der Waals surface area contributed by atoms with Gasteiger partial charge in [-0.1, -0.05) is 6.07 Å². The topological polar surface area (TPSA) is 75.4 Å². The number of phenols is 1. The van der Waals surface area contributed by atoms with Crippen LogP contribution in [0.5, 0.6) is 5.75 Å². The Morgan fingerprint density at radius 3 is 2.60 bits per heavy atom. The molecule has 1 heterocycles. The summed E-state index contributed by atoms with van der Waals surface area (Å²) in [6.07, 6.45) is 3.92. The Kier molecular flexibility index (Phi) is 6.35. The molecule has 0 saturated heterocycles. The Labute approximate surface area is 170 Å². The standard InChI is InChI=1S/C19H24N2O3.Na/c1-11-9-14(15-5-4-6-16(15)19(11)24)10-17-12(2)20-21(13(17)3)8-7-18(22)23;/h9,24H,4-8,10H2,1-3H3,(H,22,23);. The Hall–Kier alpha value is -1.30. The third-order valence-corrected chi connectivity index (χ3v) is 5.09. The molecule has 129 valence electrons. The van der Waals surface area contributed by atoms with E-state index in [1.54, 1.807) is 4.68 Å². The van der Waals surface area contributed by atoms with Gasteiger partial charge in [0, 0.05) is 47.2 Å². The van der Waals surface area contributed by atoms with Crippen LogP contribution in [-0.4, -0.2) is 55.5 Å². The minimum absolute atomic E-state index is 0. The summed E-state index contributed by atoms with van der Waals surface area (Å²) in [5.74, 6) is -0.354. The molecule has 0 aliphatic heterocycles. The summed E-state index contributed by atoms with van der Waals surface area (Å²) in [6.45, 7) is 6.33. The van der Waals surface area contributed by atoms with E-state index in [1.807, 2.05) is 20.8 Å². The Morgan fingerprint density at radius 2 is 1.92 bits per heavy atom. The van der Waals surface area contributed by atoms with Crippen molar-refractivity contribution < 1.29 is 15.0 Å². The van der Waals surface area contributed by atoms with Crippen LogP contribution in [0.15, 0.2) is 6.07 Å². The first kappa shape index (κ1) is 20.0. The maximum absolute atomic E-state index is 10.8. The van der Waals surface area contributed by atoms with Gasteiger partial charge in [-0.3, -0.25) is 9.48 Å². The van der Waals surface area contributed by atoms with E-state index < -0.39 is 5.97 Å². The van der Waals surface area contributed by atoms with Gasteiger partial charge in [-0.15, -0.1) is 0 Å². The van der Waals surface area contributed by atoms with Crippen LogP contribution in [0, 0.1) is 20.8 Å². The van der Waals surface area contributed by atoms with E-state index in [0.717, 1.165) is 48.2 Å². The van der Waals surface area contributed by atoms with Crippen molar-refractivity contribution in [3.63, 3.8) is 0 Å². The van der Waals surface area contributed by atoms with Gasteiger partial charge < -0.3 is 10.2 Å². The second kappa shape index (κ2) is 7.94. The van der Waals surface area contributed by atoms with Gasteiger partial charge in [0.25, 0.3) is 0 Å². The predicted octanol–water partition coefficient (Wildman–Crippen LogP) is 2.69. The van der Waals surface area contributed by atoms with Crippen molar-refractivity contribution in [2.75, 3.05) is 0 Å². The summed E-state index contributed by atoms with van der Waals surface area (Å²) in [7, 11) is 0. The van der Waals surface area contributed by atoms with Gasteiger partial charge in [0.2, 0.25) is 0 Å². The molecule has 1 aromatic carbocycles. The quantitative estimate of drug-likeness (QED) is 0.812. The molecule has 0 amide bonds. The number of carboxylic acid groups (broad SMARTS) is 1. The summed E-state index contributed by atoms with van der Waals surface area (Å²) < 4.78 is 1.80. The largest absolute Gasteiger partial charge is 0.507 e. The zero-order chi connectivity index (χ0) is 17.4. The monoisotopic (exact) mass is 351 g/mol. The number of fused-ring (bicyclic) bond motifs is 1. The molecule has 1 aliphatic carbocycles. The average molecular weight is 351 g/mol. The van der Waals surface area contributed by atoms with Gasteiger partial charge in [-0.05, 0) is 62.3 Å². The van der Waals surface area contributed by atoms with Crippen LogP contribution in [0.3, 0.4) is 0 Å². The molecule has 1 radical (unpaired) electrons.